The van der Waals surface area contributed by atoms with Crippen molar-refractivity contribution in [1.82, 2.24) is 4.90 Å². The predicted octanol–water partition coefficient (Wildman–Crippen LogP) is 2.97. The zero-order valence-electron chi connectivity index (χ0n) is 13.1. The molecule has 2 aromatic carbocycles. The number of halogens is 1. The van der Waals surface area contributed by atoms with Gasteiger partial charge < -0.3 is 10.0 Å². The van der Waals surface area contributed by atoms with Crippen LogP contribution in [0.25, 0.3) is 0 Å². The number of carbonyl (C=O) groups excluding carboxylic acids is 1. The van der Waals surface area contributed by atoms with E-state index in [2.05, 4.69) is 0 Å². The molecule has 1 unspecified atom stereocenters. The van der Waals surface area contributed by atoms with Crippen molar-refractivity contribution in [1.29, 1.82) is 0 Å². The lowest BCUT2D eigenvalue weighted by molar-refractivity contribution is -0.145. The summed E-state index contributed by atoms with van der Waals surface area (Å²) in [4.78, 5) is 25.4. The van der Waals surface area contributed by atoms with E-state index in [0.29, 0.717) is 12.0 Å². The Balaban J connectivity index is 1.82. The van der Waals surface area contributed by atoms with Crippen LogP contribution in [0.1, 0.15) is 29.0 Å². The van der Waals surface area contributed by atoms with E-state index in [1.165, 1.54) is 17.0 Å². The maximum atomic E-state index is 13.0. The molecule has 2 aromatic rings. The topological polar surface area (TPSA) is 57.6 Å². The Kier molecular flexibility index (Phi) is 4.60. The van der Waals surface area contributed by atoms with Crippen molar-refractivity contribution in [2.24, 2.45) is 0 Å². The molecule has 0 saturated heterocycles. The normalized spacial score (nSPS) is 15.8. The molecular weight excluding hydrogens is 309 g/mol. The van der Waals surface area contributed by atoms with Gasteiger partial charge in [-0.25, -0.2) is 4.39 Å². The van der Waals surface area contributed by atoms with E-state index < -0.39 is 5.97 Å². The molecule has 0 heterocycles. The lowest BCUT2D eigenvalue weighted by atomic mass is 9.99. The average molecular weight is 327 g/mol. The molecule has 1 aliphatic rings. The van der Waals surface area contributed by atoms with E-state index in [1.54, 1.807) is 12.1 Å². The smallest absolute Gasteiger partial charge is 0.323 e. The first-order valence-corrected chi connectivity index (χ1v) is 7.87. The van der Waals surface area contributed by atoms with E-state index in [9.17, 15) is 14.0 Å². The highest BCUT2D eigenvalue weighted by molar-refractivity contribution is 5.87. The van der Waals surface area contributed by atoms with E-state index in [1.807, 2.05) is 24.3 Å². The Hall–Kier alpha value is -2.69. The maximum Gasteiger partial charge on any atom is 0.323 e. The Morgan fingerprint density at radius 1 is 1.12 bits per heavy atom. The average Bonchev–Trinajstić information content (AvgIpc) is 2.99. The molecule has 0 fully saturated rings. The van der Waals surface area contributed by atoms with Gasteiger partial charge in [0.25, 0.3) is 0 Å². The molecule has 1 amide bonds. The number of hydrogen-bond acceptors (Lipinski definition) is 2. The summed E-state index contributed by atoms with van der Waals surface area (Å²) >= 11 is 0. The van der Waals surface area contributed by atoms with Crippen LogP contribution < -0.4 is 0 Å². The Bertz CT molecular complexity index is 757. The van der Waals surface area contributed by atoms with Crippen molar-refractivity contribution >= 4 is 11.9 Å². The summed E-state index contributed by atoms with van der Waals surface area (Å²) in [5.41, 5.74) is 2.84. The minimum atomic E-state index is -1.06. The van der Waals surface area contributed by atoms with E-state index >= 15 is 0 Å². The number of hydrogen-bond donors (Lipinski definition) is 1. The molecule has 0 spiro atoms. The minimum Gasteiger partial charge on any atom is -0.480 e. The Labute approximate surface area is 139 Å². The molecule has 5 heteroatoms. The maximum absolute atomic E-state index is 13.0. The quantitative estimate of drug-likeness (QED) is 0.918. The number of aliphatic carboxylic acids is 1. The molecule has 1 aliphatic carbocycles. The van der Waals surface area contributed by atoms with Gasteiger partial charge in [-0.15, -0.1) is 0 Å². The molecule has 1 atom stereocenters. The van der Waals surface area contributed by atoms with Crippen LogP contribution in [0.4, 0.5) is 4.39 Å². The molecule has 24 heavy (non-hydrogen) atoms. The molecule has 0 radical (unpaired) electrons. The number of amides is 1. The number of carbonyl (C=O) groups is 2. The zero-order chi connectivity index (χ0) is 17.1. The van der Waals surface area contributed by atoms with Crippen LogP contribution in [0.3, 0.4) is 0 Å². The highest BCUT2D eigenvalue weighted by Gasteiger charge is 2.32. The SMILES string of the molecule is O=C(O)CN(Cc1ccc(F)cc1)C(=O)C1CCc2ccccc21. The molecule has 1 N–H and O–H groups in total. The lowest BCUT2D eigenvalue weighted by Crippen LogP contribution is -2.38. The van der Waals surface area contributed by atoms with Crippen LogP contribution in [0.2, 0.25) is 0 Å². The molecule has 0 bridgehead atoms. The van der Waals surface area contributed by atoms with Gasteiger partial charge in [-0.1, -0.05) is 36.4 Å². The number of rotatable bonds is 5. The van der Waals surface area contributed by atoms with Gasteiger partial charge in [-0.2, -0.15) is 0 Å². The van der Waals surface area contributed by atoms with Crippen molar-refractivity contribution in [2.75, 3.05) is 6.54 Å². The predicted molar refractivity (Wildman–Crippen MR) is 87.0 cm³/mol. The van der Waals surface area contributed by atoms with Crippen LogP contribution in [0, 0.1) is 5.82 Å². The first-order chi connectivity index (χ1) is 11.5. The second-order valence-electron chi connectivity index (χ2n) is 6.00. The fourth-order valence-corrected chi connectivity index (χ4v) is 3.22. The monoisotopic (exact) mass is 327 g/mol. The van der Waals surface area contributed by atoms with Gasteiger partial charge in [0.15, 0.2) is 0 Å². The standard InChI is InChI=1S/C19H18FNO3/c20-15-8-5-13(6-9-15)11-21(12-18(22)23)19(24)17-10-7-14-3-1-2-4-16(14)17/h1-6,8-9,17H,7,10-12H2,(H,22,23). The first kappa shape index (κ1) is 16.2. The molecule has 4 nitrogen and oxygen atoms in total. The van der Waals surface area contributed by atoms with Gasteiger partial charge in [-0.3, -0.25) is 9.59 Å². The van der Waals surface area contributed by atoms with Crippen molar-refractivity contribution < 1.29 is 19.1 Å². The first-order valence-electron chi connectivity index (χ1n) is 7.87. The van der Waals surface area contributed by atoms with E-state index in [-0.39, 0.29) is 30.7 Å². The third-order valence-electron chi connectivity index (χ3n) is 4.36. The van der Waals surface area contributed by atoms with Crippen LogP contribution in [-0.2, 0) is 22.6 Å². The van der Waals surface area contributed by atoms with Gasteiger partial charge in [0.1, 0.15) is 12.4 Å². The molecular formula is C19H18FNO3. The number of aryl methyl sites for hydroxylation is 1. The number of carboxylic acid groups (broad SMARTS) is 1. The number of carboxylic acids is 1. The van der Waals surface area contributed by atoms with Crippen LogP contribution in [0.15, 0.2) is 48.5 Å². The summed E-state index contributed by atoms with van der Waals surface area (Å²) in [5, 5.41) is 9.14. The highest BCUT2D eigenvalue weighted by Crippen LogP contribution is 2.34. The van der Waals surface area contributed by atoms with Crippen LogP contribution in [0.5, 0.6) is 0 Å². The largest absolute Gasteiger partial charge is 0.480 e. The second kappa shape index (κ2) is 6.83. The van der Waals surface area contributed by atoms with Crippen LogP contribution >= 0.6 is 0 Å². The van der Waals surface area contributed by atoms with E-state index in [4.69, 9.17) is 5.11 Å². The molecule has 0 aromatic heterocycles. The fourth-order valence-electron chi connectivity index (χ4n) is 3.22. The van der Waals surface area contributed by atoms with Crippen molar-refractivity contribution in [3.05, 3.63) is 71.0 Å². The highest BCUT2D eigenvalue weighted by atomic mass is 19.1. The van der Waals surface area contributed by atoms with Crippen molar-refractivity contribution in [3.8, 4) is 0 Å². The van der Waals surface area contributed by atoms with Gasteiger partial charge in [0.05, 0.1) is 5.92 Å². The molecule has 0 aliphatic heterocycles. The molecule has 0 saturated carbocycles. The summed E-state index contributed by atoms with van der Waals surface area (Å²) < 4.78 is 13.0. The number of benzene rings is 2. The summed E-state index contributed by atoms with van der Waals surface area (Å²) in [6, 6.07) is 13.5. The second-order valence-corrected chi connectivity index (χ2v) is 6.00. The number of nitrogens with zero attached hydrogens (tertiary/aromatic N) is 1. The lowest BCUT2D eigenvalue weighted by Gasteiger charge is -2.24. The van der Waals surface area contributed by atoms with Crippen molar-refractivity contribution in [2.45, 2.75) is 25.3 Å². The van der Waals surface area contributed by atoms with Crippen molar-refractivity contribution in [3.63, 3.8) is 0 Å². The fraction of sp³-hybridized carbons (Fsp3) is 0.263. The van der Waals surface area contributed by atoms with Gasteiger partial charge in [0.2, 0.25) is 5.91 Å². The third-order valence-corrected chi connectivity index (χ3v) is 4.36. The van der Waals surface area contributed by atoms with Crippen LogP contribution in [-0.4, -0.2) is 28.4 Å². The molecule has 124 valence electrons. The minimum absolute atomic E-state index is 0.157. The zero-order valence-corrected chi connectivity index (χ0v) is 13.1. The van der Waals surface area contributed by atoms with Gasteiger partial charge >= 0.3 is 5.97 Å². The number of fused-ring (bicyclic) bond motifs is 1. The summed E-state index contributed by atoms with van der Waals surface area (Å²) in [6.07, 6.45) is 1.52. The summed E-state index contributed by atoms with van der Waals surface area (Å²) in [5.74, 6) is -1.91. The Morgan fingerprint density at radius 2 is 1.83 bits per heavy atom. The molecule has 3 rings (SSSR count). The third kappa shape index (κ3) is 3.45. The summed E-state index contributed by atoms with van der Waals surface area (Å²) in [7, 11) is 0. The summed E-state index contributed by atoms with van der Waals surface area (Å²) in [6.45, 7) is -0.209. The Morgan fingerprint density at radius 3 is 2.54 bits per heavy atom. The van der Waals surface area contributed by atoms with Gasteiger partial charge in [-0.05, 0) is 41.7 Å². The van der Waals surface area contributed by atoms with Gasteiger partial charge in [0, 0.05) is 6.54 Å². The van der Waals surface area contributed by atoms with E-state index in [0.717, 1.165) is 17.5 Å².